The van der Waals surface area contributed by atoms with E-state index in [9.17, 15) is 0 Å². The molecule has 0 atom stereocenters. The molecule has 0 spiro atoms. The van der Waals surface area contributed by atoms with Gasteiger partial charge in [0, 0.05) is 11.4 Å². The minimum Gasteiger partial charge on any atom is -0.300 e. The first-order valence-electron chi connectivity index (χ1n) is 6.74. The molecule has 2 N–H and O–H groups in total. The highest BCUT2D eigenvalue weighted by atomic mass is 35.5. The summed E-state index contributed by atoms with van der Waals surface area (Å²) in [7, 11) is 0. The van der Waals surface area contributed by atoms with Crippen molar-refractivity contribution < 1.29 is 0 Å². The Morgan fingerprint density at radius 3 is 2.75 bits per heavy atom. The third-order valence-corrected chi connectivity index (χ3v) is 3.52. The summed E-state index contributed by atoms with van der Waals surface area (Å²) in [4.78, 5) is 4.69. The molecule has 0 fully saturated rings. The molecule has 0 aliphatic carbocycles. The number of hydrogen-bond donors (Lipinski definition) is 2. The Hall–Kier alpha value is -2.00. The fourth-order valence-corrected chi connectivity index (χ4v) is 2.47. The lowest BCUT2D eigenvalue weighted by molar-refractivity contribution is 0.858. The van der Waals surface area contributed by atoms with Crippen LogP contribution in [-0.4, -0.2) is 5.84 Å². The molecule has 2 aromatic carbocycles. The average Bonchev–Trinajstić information content (AvgIpc) is 2.67. The molecular weight excluding hydrogens is 270 g/mol. The summed E-state index contributed by atoms with van der Waals surface area (Å²) in [5.74, 6) is 0.954. The molecule has 0 aromatic heterocycles. The predicted molar refractivity (Wildman–Crippen MR) is 84.7 cm³/mol. The summed E-state index contributed by atoms with van der Waals surface area (Å²) < 4.78 is 0. The molecule has 1 aliphatic heterocycles. The number of para-hydroxylation sites is 1. The van der Waals surface area contributed by atoms with E-state index in [0.717, 1.165) is 36.5 Å². The molecule has 20 heavy (non-hydrogen) atoms. The Kier molecular flexibility index (Phi) is 3.88. The quantitative estimate of drug-likeness (QED) is 0.806. The smallest absolute Gasteiger partial charge is 0.121 e. The van der Waals surface area contributed by atoms with Gasteiger partial charge < -0.3 is 0 Å². The van der Waals surface area contributed by atoms with E-state index in [1.807, 2.05) is 30.3 Å². The summed E-state index contributed by atoms with van der Waals surface area (Å²) in [6.45, 7) is 0. The Morgan fingerprint density at radius 1 is 0.950 bits per heavy atom. The van der Waals surface area contributed by atoms with Crippen LogP contribution in [0.15, 0.2) is 53.5 Å². The number of hydrazine groups is 1. The molecular formula is C16H16ClN3. The molecule has 3 nitrogen and oxygen atoms in total. The van der Waals surface area contributed by atoms with Crippen LogP contribution in [0, 0.1) is 0 Å². The maximum absolute atomic E-state index is 5.96. The van der Waals surface area contributed by atoms with E-state index in [0.29, 0.717) is 5.02 Å². The average molecular weight is 286 g/mol. The van der Waals surface area contributed by atoms with Gasteiger partial charge in [0.05, 0.1) is 11.4 Å². The topological polar surface area (TPSA) is 36.4 Å². The van der Waals surface area contributed by atoms with Crippen molar-refractivity contribution in [1.82, 2.24) is 5.43 Å². The van der Waals surface area contributed by atoms with E-state index in [4.69, 9.17) is 11.6 Å². The van der Waals surface area contributed by atoms with Gasteiger partial charge in [-0.2, -0.15) is 0 Å². The van der Waals surface area contributed by atoms with Crippen LogP contribution < -0.4 is 10.9 Å². The molecule has 0 saturated carbocycles. The highest BCUT2D eigenvalue weighted by Gasteiger charge is 2.09. The standard InChI is InChI=1S/C16H16ClN3/c17-13-7-4-8-14(11-13)19-20-16-10-3-6-12-5-1-2-9-15(12)18-16/h1-2,4-5,7-9,11,19H,3,6,10H2,(H,18,20). The first-order valence-corrected chi connectivity index (χ1v) is 7.12. The highest BCUT2D eigenvalue weighted by Crippen LogP contribution is 2.24. The van der Waals surface area contributed by atoms with Crippen molar-refractivity contribution in [2.24, 2.45) is 4.99 Å². The number of amidine groups is 1. The van der Waals surface area contributed by atoms with Crippen LogP contribution in [0.2, 0.25) is 5.02 Å². The second kappa shape index (κ2) is 5.97. The summed E-state index contributed by atoms with van der Waals surface area (Å²) in [6.07, 6.45) is 3.10. The predicted octanol–water partition coefficient (Wildman–Crippen LogP) is 4.32. The molecule has 2 aromatic rings. The van der Waals surface area contributed by atoms with Crippen LogP contribution in [0.25, 0.3) is 0 Å². The van der Waals surface area contributed by atoms with Gasteiger partial charge in [-0.15, -0.1) is 0 Å². The van der Waals surface area contributed by atoms with E-state index in [1.54, 1.807) is 0 Å². The number of fused-ring (bicyclic) bond motifs is 1. The van der Waals surface area contributed by atoms with Crippen molar-refractivity contribution in [1.29, 1.82) is 0 Å². The number of rotatable bonds is 2. The van der Waals surface area contributed by atoms with Gasteiger partial charge in [0.25, 0.3) is 0 Å². The van der Waals surface area contributed by atoms with E-state index in [-0.39, 0.29) is 0 Å². The first-order chi connectivity index (χ1) is 9.81. The molecule has 1 heterocycles. The Bertz CT molecular complexity index is 637. The van der Waals surface area contributed by atoms with Gasteiger partial charge in [-0.3, -0.25) is 10.9 Å². The van der Waals surface area contributed by atoms with Gasteiger partial charge in [-0.1, -0.05) is 35.9 Å². The second-order valence-corrected chi connectivity index (χ2v) is 5.24. The zero-order valence-electron chi connectivity index (χ0n) is 11.1. The van der Waals surface area contributed by atoms with Gasteiger partial charge in [0.1, 0.15) is 5.84 Å². The number of aryl methyl sites for hydroxylation is 1. The summed E-state index contributed by atoms with van der Waals surface area (Å²) in [5, 5.41) is 0.713. The lowest BCUT2D eigenvalue weighted by atomic mass is 10.1. The SMILES string of the molecule is Clc1cccc(NNC2=Nc3ccccc3CCC2)c1. The number of hydrogen-bond acceptors (Lipinski definition) is 3. The van der Waals surface area contributed by atoms with Gasteiger partial charge in [-0.05, 0) is 42.7 Å². The molecule has 0 bridgehead atoms. The van der Waals surface area contributed by atoms with Gasteiger partial charge in [0.15, 0.2) is 0 Å². The van der Waals surface area contributed by atoms with Crippen LogP contribution in [0.4, 0.5) is 11.4 Å². The lowest BCUT2D eigenvalue weighted by Gasteiger charge is -2.11. The molecule has 4 heteroatoms. The maximum atomic E-state index is 5.96. The van der Waals surface area contributed by atoms with Crippen molar-refractivity contribution in [2.45, 2.75) is 19.3 Å². The van der Waals surface area contributed by atoms with Gasteiger partial charge >= 0.3 is 0 Å². The molecule has 0 unspecified atom stereocenters. The van der Waals surface area contributed by atoms with Crippen LogP contribution in [0.3, 0.4) is 0 Å². The number of anilines is 1. The first kappa shape index (κ1) is 13.0. The fourth-order valence-electron chi connectivity index (χ4n) is 2.28. The molecule has 102 valence electrons. The number of halogens is 1. The van der Waals surface area contributed by atoms with E-state index < -0.39 is 0 Å². The van der Waals surface area contributed by atoms with Gasteiger partial charge in [0.2, 0.25) is 0 Å². The molecule has 0 amide bonds. The van der Waals surface area contributed by atoms with E-state index in [2.05, 4.69) is 34.0 Å². The summed E-state index contributed by atoms with van der Waals surface area (Å²) >= 11 is 5.96. The Morgan fingerprint density at radius 2 is 1.85 bits per heavy atom. The second-order valence-electron chi connectivity index (χ2n) is 4.80. The third-order valence-electron chi connectivity index (χ3n) is 3.28. The summed E-state index contributed by atoms with van der Waals surface area (Å²) in [5.41, 5.74) is 9.63. The maximum Gasteiger partial charge on any atom is 0.121 e. The Balaban J connectivity index is 1.73. The number of nitrogens with one attached hydrogen (secondary N) is 2. The van der Waals surface area contributed by atoms with Crippen molar-refractivity contribution in [2.75, 3.05) is 5.43 Å². The molecule has 1 aliphatic rings. The zero-order chi connectivity index (χ0) is 13.8. The zero-order valence-corrected chi connectivity index (χ0v) is 11.8. The lowest BCUT2D eigenvalue weighted by Crippen LogP contribution is -2.29. The van der Waals surface area contributed by atoms with Crippen LogP contribution >= 0.6 is 11.6 Å². The minimum atomic E-state index is 0.713. The Labute approximate surface area is 123 Å². The largest absolute Gasteiger partial charge is 0.300 e. The normalized spacial score (nSPS) is 13.9. The molecule has 0 saturated heterocycles. The number of nitrogens with zero attached hydrogens (tertiary/aromatic N) is 1. The van der Waals surface area contributed by atoms with Crippen molar-refractivity contribution >= 4 is 28.8 Å². The molecule has 3 rings (SSSR count). The van der Waals surface area contributed by atoms with Gasteiger partial charge in [-0.25, -0.2) is 4.99 Å². The van der Waals surface area contributed by atoms with Crippen LogP contribution in [0.5, 0.6) is 0 Å². The van der Waals surface area contributed by atoms with Crippen molar-refractivity contribution in [3.63, 3.8) is 0 Å². The van der Waals surface area contributed by atoms with Crippen molar-refractivity contribution in [3.8, 4) is 0 Å². The van der Waals surface area contributed by atoms with Crippen LogP contribution in [-0.2, 0) is 6.42 Å². The van der Waals surface area contributed by atoms with E-state index in [1.165, 1.54) is 5.56 Å². The molecule has 0 radical (unpaired) electrons. The van der Waals surface area contributed by atoms with E-state index >= 15 is 0 Å². The highest BCUT2D eigenvalue weighted by molar-refractivity contribution is 6.30. The number of aliphatic imine (C=N–C) groups is 1. The third kappa shape index (κ3) is 3.11. The monoisotopic (exact) mass is 285 g/mol. The summed E-state index contributed by atoms with van der Waals surface area (Å²) in [6, 6.07) is 15.9. The number of benzene rings is 2. The van der Waals surface area contributed by atoms with Crippen molar-refractivity contribution in [3.05, 3.63) is 59.1 Å². The minimum absolute atomic E-state index is 0.713. The fraction of sp³-hybridized carbons (Fsp3) is 0.188. The van der Waals surface area contributed by atoms with Crippen LogP contribution in [0.1, 0.15) is 18.4 Å².